The quantitative estimate of drug-likeness (QED) is 0.508. The molecular weight excluding hydrogens is 412 g/mol. The number of benzene rings is 1. The van der Waals surface area contributed by atoms with Gasteiger partial charge in [-0.05, 0) is 25.0 Å². The molecule has 2 aromatic rings. The van der Waals surface area contributed by atoms with Crippen molar-refractivity contribution >= 4 is 40.7 Å². The van der Waals surface area contributed by atoms with Crippen LogP contribution in [0.4, 0.5) is 0 Å². The summed E-state index contributed by atoms with van der Waals surface area (Å²) >= 11 is 7.36. The molecule has 2 fully saturated rings. The van der Waals surface area contributed by atoms with E-state index in [9.17, 15) is 14.4 Å². The number of halogens is 1. The molecule has 0 radical (unpaired) electrons. The number of hydrogen-bond acceptors (Lipinski definition) is 6. The summed E-state index contributed by atoms with van der Waals surface area (Å²) in [6.07, 6.45) is 3.53. The van der Waals surface area contributed by atoms with Gasteiger partial charge in [0, 0.05) is 22.5 Å². The molecule has 29 heavy (non-hydrogen) atoms. The summed E-state index contributed by atoms with van der Waals surface area (Å²) in [6.45, 7) is 0.159. The Kier molecular flexibility index (Phi) is 5.96. The zero-order valence-corrected chi connectivity index (χ0v) is 17.4. The van der Waals surface area contributed by atoms with Crippen LogP contribution < -0.4 is 0 Å². The molecule has 2 aliphatic rings. The van der Waals surface area contributed by atoms with Gasteiger partial charge in [-0.2, -0.15) is 0 Å². The van der Waals surface area contributed by atoms with E-state index in [1.54, 1.807) is 12.1 Å². The molecule has 4 rings (SSSR count). The third kappa shape index (κ3) is 4.36. The molecule has 0 unspecified atom stereocenters. The molecule has 2 amide bonds. The molecule has 8 heteroatoms. The second-order valence-electron chi connectivity index (χ2n) is 7.39. The summed E-state index contributed by atoms with van der Waals surface area (Å²) in [5.41, 5.74) is 1.61. The number of fused-ring (bicyclic) bond motifs is 1. The second-order valence-corrected chi connectivity index (χ2v) is 8.68. The molecule has 2 atom stereocenters. The van der Waals surface area contributed by atoms with E-state index in [0.717, 1.165) is 36.3 Å². The van der Waals surface area contributed by atoms with Crippen LogP contribution in [0.25, 0.3) is 10.6 Å². The minimum absolute atomic E-state index is 0.00506. The van der Waals surface area contributed by atoms with Crippen LogP contribution in [0.5, 0.6) is 0 Å². The number of thiazole rings is 1. The lowest BCUT2D eigenvalue weighted by molar-refractivity contribution is -0.146. The Labute approximate surface area is 177 Å². The van der Waals surface area contributed by atoms with Gasteiger partial charge in [0.15, 0.2) is 0 Å². The number of nitrogens with zero attached hydrogens (tertiary/aromatic N) is 2. The molecular formula is C21H21ClN2O4S. The van der Waals surface area contributed by atoms with Gasteiger partial charge >= 0.3 is 5.97 Å². The largest absolute Gasteiger partial charge is 0.459 e. The maximum atomic E-state index is 12.4. The molecule has 0 spiro atoms. The Morgan fingerprint density at radius 1 is 1.14 bits per heavy atom. The van der Waals surface area contributed by atoms with Crippen LogP contribution in [0, 0.1) is 11.8 Å². The molecule has 0 N–H and O–H groups in total. The number of esters is 1. The molecule has 1 aromatic heterocycles. The highest BCUT2D eigenvalue weighted by molar-refractivity contribution is 7.13. The van der Waals surface area contributed by atoms with Gasteiger partial charge in [-0.15, -0.1) is 11.3 Å². The molecule has 1 aliphatic carbocycles. The van der Waals surface area contributed by atoms with Gasteiger partial charge in [-0.25, -0.2) is 4.98 Å². The Balaban J connectivity index is 1.27. The highest BCUT2D eigenvalue weighted by atomic mass is 35.5. The van der Waals surface area contributed by atoms with Gasteiger partial charge in [0.05, 0.1) is 24.0 Å². The van der Waals surface area contributed by atoms with Gasteiger partial charge in [-0.1, -0.05) is 36.6 Å². The fourth-order valence-corrected chi connectivity index (χ4v) is 4.92. The first kappa shape index (κ1) is 20.0. The molecule has 1 aliphatic heterocycles. The highest BCUT2D eigenvalue weighted by Gasteiger charge is 2.47. The van der Waals surface area contributed by atoms with Gasteiger partial charge in [-0.3, -0.25) is 19.3 Å². The Hall–Kier alpha value is -2.25. The molecule has 152 valence electrons. The lowest BCUT2D eigenvalue weighted by Crippen LogP contribution is -2.33. The van der Waals surface area contributed by atoms with Crippen LogP contribution >= 0.6 is 22.9 Å². The van der Waals surface area contributed by atoms with E-state index in [-0.39, 0.29) is 43.2 Å². The molecule has 6 nitrogen and oxygen atoms in total. The van der Waals surface area contributed by atoms with E-state index < -0.39 is 5.97 Å². The van der Waals surface area contributed by atoms with Crippen molar-refractivity contribution in [2.24, 2.45) is 11.8 Å². The van der Waals surface area contributed by atoms with Crippen molar-refractivity contribution in [1.29, 1.82) is 0 Å². The van der Waals surface area contributed by atoms with E-state index >= 15 is 0 Å². The summed E-state index contributed by atoms with van der Waals surface area (Å²) in [7, 11) is 0. The van der Waals surface area contributed by atoms with Crippen molar-refractivity contribution < 1.29 is 19.1 Å². The first-order valence-corrected chi connectivity index (χ1v) is 11.0. The lowest BCUT2D eigenvalue weighted by atomic mass is 9.81. The van der Waals surface area contributed by atoms with E-state index in [1.807, 2.05) is 17.5 Å². The number of carbonyl (C=O) groups excluding carboxylic acids is 3. The number of imide groups is 1. The Morgan fingerprint density at radius 3 is 2.45 bits per heavy atom. The molecule has 1 aromatic carbocycles. The summed E-state index contributed by atoms with van der Waals surface area (Å²) < 4.78 is 5.28. The number of likely N-dealkylation sites (tertiary alicyclic amines) is 1. The fraction of sp³-hybridized carbons (Fsp3) is 0.429. The van der Waals surface area contributed by atoms with Crippen molar-refractivity contribution in [2.45, 2.75) is 38.7 Å². The molecule has 1 saturated heterocycles. The first-order chi connectivity index (χ1) is 14.0. The highest BCUT2D eigenvalue weighted by Crippen LogP contribution is 2.38. The van der Waals surface area contributed by atoms with E-state index in [2.05, 4.69) is 4.98 Å². The van der Waals surface area contributed by atoms with Crippen molar-refractivity contribution in [3.63, 3.8) is 0 Å². The number of aromatic nitrogens is 1. The summed E-state index contributed by atoms with van der Waals surface area (Å²) in [4.78, 5) is 42.7. The van der Waals surface area contributed by atoms with E-state index in [0.29, 0.717) is 10.7 Å². The number of carbonyl (C=O) groups is 3. The number of hydrogen-bond donors (Lipinski definition) is 0. The van der Waals surface area contributed by atoms with E-state index in [4.69, 9.17) is 16.3 Å². The number of ether oxygens (including phenoxy) is 1. The average Bonchev–Trinajstić information content (AvgIpc) is 3.30. The van der Waals surface area contributed by atoms with Crippen LogP contribution in [-0.4, -0.2) is 34.2 Å². The topological polar surface area (TPSA) is 76.6 Å². The van der Waals surface area contributed by atoms with Crippen LogP contribution in [0.3, 0.4) is 0 Å². The summed E-state index contributed by atoms with van der Waals surface area (Å²) in [6, 6.07) is 7.38. The van der Waals surface area contributed by atoms with Gasteiger partial charge in [0.25, 0.3) is 0 Å². The molecule has 0 bridgehead atoms. The zero-order chi connectivity index (χ0) is 20.4. The van der Waals surface area contributed by atoms with Crippen molar-refractivity contribution in [3.8, 4) is 10.6 Å². The van der Waals surface area contributed by atoms with Crippen molar-refractivity contribution in [2.75, 3.05) is 6.54 Å². The van der Waals surface area contributed by atoms with Gasteiger partial charge in [0.1, 0.15) is 11.6 Å². The summed E-state index contributed by atoms with van der Waals surface area (Å²) in [5.74, 6) is -1.07. The van der Waals surface area contributed by atoms with E-state index in [1.165, 1.54) is 16.2 Å². The SMILES string of the molecule is O=C(CCN1C(=O)[C@H]2CCCC[C@@H]2C1=O)OCc1csc(-c2ccc(Cl)cc2)n1. The summed E-state index contributed by atoms with van der Waals surface area (Å²) in [5, 5.41) is 3.33. The zero-order valence-electron chi connectivity index (χ0n) is 15.8. The third-order valence-corrected chi connectivity index (χ3v) is 6.69. The second kappa shape index (κ2) is 8.63. The van der Waals surface area contributed by atoms with Crippen LogP contribution in [0.1, 0.15) is 37.8 Å². The van der Waals surface area contributed by atoms with Crippen LogP contribution in [0.15, 0.2) is 29.6 Å². The van der Waals surface area contributed by atoms with Gasteiger partial charge < -0.3 is 4.74 Å². The third-order valence-electron chi connectivity index (χ3n) is 5.50. The first-order valence-electron chi connectivity index (χ1n) is 9.74. The minimum Gasteiger partial charge on any atom is -0.459 e. The van der Waals surface area contributed by atoms with Gasteiger partial charge in [0.2, 0.25) is 11.8 Å². The Morgan fingerprint density at radius 2 is 1.79 bits per heavy atom. The monoisotopic (exact) mass is 432 g/mol. The molecule has 1 saturated carbocycles. The fourth-order valence-electron chi connectivity index (χ4n) is 3.98. The lowest BCUT2D eigenvalue weighted by Gasteiger charge is -2.19. The Bertz CT molecular complexity index is 903. The van der Waals surface area contributed by atoms with Crippen molar-refractivity contribution in [3.05, 3.63) is 40.4 Å². The number of rotatable bonds is 6. The maximum Gasteiger partial charge on any atom is 0.307 e. The maximum absolute atomic E-state index is 12.4. The number of amides is 2. The smallest absolute Gasteiger partial charge is 0.307 e. The average molecular weight is 433 g/mol. The minimum atomic E-state index is -0.443. The predicted octanol–water partition coefficient (Wildman–Crippen LogP) is 4.07. The normalized spacial score (nSPS) is 21.3. The predicted molar refractivity (Wildman–Crippen MR) is 109 cm³/mol. The van der Waals surface area contributed by atoms with Crippen LogP contribution in [0.2, 0.25) is 5.02 Å². The van der Waals surface area contributed by atoms with Crippen LogP contribution in [-0.2, 0) is 25.7 Å². The molecule has 2 heterocycles. The van der Waals surface area contributed by atoms with Crippen molar-refractivity contribution in [1.82, 2.24) is 9.88 Å². The standard InChI is InChI=1S/C21H21ClN2O4S/c22-14-7-5-13(6-8-14)19-23-15(12-29-19)11-28-18(25)9-10-24-20(26)16-3-1-2-4-17(16)21(24)27/h5-8,12,16-17H,1-4,9-11H2/t16-,17-/m0/s1.